The molecule has 190 valence electrons. The van der Waals surface area contributed by atoms with Gasteiger partial charge in [-0.1, -0.05) is 12.8 Å². The highest BCUT2D eigenvalue weighted by Crippen LogP contribution is 2.47. The van der Waals surface area contributed by atoms with Crippen LogP contribution < -0.4 is 0 Å². The number of halogens is 2. The molecule has 1 aromatic heterocycles. The minimum atomic E-state index is -6.06. The van der Waals surface area contributed by atoms with Crippen molar-refractivity contribution in [3.63, 3.8) is 0 Å². The van der Waals surface area contributed by atoms with Gasteiger partial charge in [-0.25, -0.2) is 4.79 Å². The summed E-state index contributed by atoms with van der Waals surface area (Å²) in [6, 6.07) is 0. The molecule has 2 unspecified atom stereocenters. The first-order valence-electron chi connectivity index (χ1n) is 10.1. The van der Waals surface area contributed by atoms with Crippen molar-refractivity contribution in [2.45, 2.75) is 75.3 Å². The lowest BCUT2D eigenvalue weighted by Crippen LogP contribution is -2.43. The van der Waals surface area contributed by atoms with Gasteiger partial charge in [-0.05, 0) is 19.8 Å². The molecule has 1 fully saturated rings. The molecule has 0 bridgehead atoms. The SMILES string of the molecule is CC1OC(=O)c2c1oc(COC(=O)CCC(=O)OC(O)C(F)(F)S(=O)(=O)O)c2C1(O)CCCC1. The lowest BCUT2D eigenvalue weighted by Gasteiger charge is -2.23. The van der Waals surface area contributed by atoms with Gasteiger partial charge < -0.3 is 28.8 Å². The van der Waals surface area contributed by atoms with E-state index in [2.05, 4.69) is 4.74 Å². The molecule has 12 nitrogen and oxygen atoms in total. The molecule has 15 heteroatoms. The number of alkyl halides is 2. The molecule has 0 saturated heterocycles. The zero-order valence-electron chi connectivity index (χ0n) is 17.8. The Labute approximate surface area is 191 Å². The van der Waals surface area contributed by atoms with Crippen LogP contribution in [0.5, 0.6) is 0 Å². The standard InChI is InChI=1S/C19H22F2O12S/c1-9-15-13(16(24)31-9)14(18(26)6-2-3-7-18)10(32-15)8-30-11(22)4-5-12(23)33-17(25)19(20,21)34(27,28)29/h9,17,25-26H,2-8H2,1H3,(H,27,28,29). The molecule has 2 aliphatic rings. The minimum Gasteiger partial charge on any atom is -0.457 e. The van der Waals surface area contributed by atoms with Gasteiger partial charge in [-0.3, -0.25) is 14.1 Å². The van der Waals surface area contributed by atoms with Crippen molar-refractivity contribution in [1.29, 1.82) is 0 Å². The van der Waals surface area contributed by atoms with E-state index >= 15 is 0 Å². The van der Waals surface area contributed by atoms with Gasteiger partial charge in [-0.15, -0.1) is 0 Å². The maximum atomic E-state index is 13.2. The predicted molar refractivity (Wildman–Crippen MR) is 103 cm³/mol. The van der Waals surface area contributed by atoms with Crippen LogP contribution in [0.25, 0.3) is 0 Å². The fourth-order valence-electron chi connectivity index (χ4n) is 3.86. The molecule has 3 N–H and O–H groups in total. The molecule has 0 spiro atoms. The highest BCUT2D eigenvalue weighted by molar-refractivity contribution is 7.86. The first-order valence-corrected chi connectivity index (χ1v) is 11.6. The van der Waals surface area contributed by atoms with Gasteiger partial charge in [-0.2, -0.15) is 17.2 Å². The van der Waals surface area contributed by atoms with Gasteiger partial charge >= 0.3 is 33.3 Å². The Balaban J connectivity index is 1.62. The van der Waals surface area contributed by atoms with Crippen molar-refractivity contribution in [1.82, 2.24) is 0 Å². The number of aliphatic hydroxyl groups is 2. The number of fused-ring (bicyclic) bond motifs is 1. The van der Waals surface area contributed by atoms with Crippen LogP contribution in [-0.4, -0.2) is 52.6 Å². The highest BCUT2D eigenvalue weighted by atomic mass is 32.2. The van der Waals surface area contributed by atoms with Gasteiger partial charge in [0.1, 0.15) is 17.9 Å². The van der Waals surface area contributed by atoms with Crippen molar-refractivity contribution in [3.05, 3.63) is 22.6 Å². The van der Waals surface area contributed by atoms with E-state index in [1.807, 2.05) is 0 Å². The van der Waals surface area contributed by atoms with Crippen molar-refractivity contribution < 1.29 is 65.0 Å². The lowest BCUT2D eigenvalue weighted by molar-refractivity contribution is -0.205. The zero-order valence-corrected chi connectivity index (χ0v) is 18.6. The zero-order chi connectivity index (χ0) is 25.5. The summed E-state index contributed by atoms with van der Waals surface area (Å²) >= 11 is 0. The summed E-state index contributed by atoms with van der Waals surface area (Å²) in [6.45, 7) is 1.05. The summed E-state index contributed by atoms with van der Waals surface area (Å²) in [6.07, 6.45) is -3.68. The second-order valence-corrected chi connectivity index (χ2v) is 9.46. The number of carbonyl (C=O) groups is 3. The van der Waals surface area contributed by atoms with Gasteiger partial charge in [0.2, 0.25) is 0 Å². The fourth-order valence-corrected chi connectivity index (χ4v) is 4.17. The molecular weight excluding hydrogens is 490 g/mol. The maximum absolute atomic E-state index is 13.2. The van der Waals surface area contributed by atoms with Gasteiger partial charge in [0, 0.05) is 5.56 Å². The van der Waals surface area contributed by atoms with E-state index in [0.717, 1.165) is 0 Å². The summed E-state index contributed by atoms with van der Waals surface area (Å²) < 4.78 is 75.4. The van der Waals surface area contributed by atoms with Crippen molar-refractivity contribution in [2.24, 2.45) is 0 Å². The van der Waals surface area contributed by atoms with E-state index in [1.165, 1.54) is 0 Å². The molecular formula is C19H22F2O12S. The van der Waals surface area contributed by atoms with Crippen molar-refractivity contribution in [3.8, 4) is 0 Å². The number of esters is 3. The average molecular weight is 512 g/mol. The normalized spacial score (nSPS) is 20.5. The van der Waals surface area contributed by atoms with Crippen molar-refractivity contribution in [2.75, 3.05) is 0 Å². The topological polar surface area (TPSA) is 187 Å². The summed E-state index contributed by atoms with van der Waals surface area (Å²) in [5.74, 6) is -3.06. The third-order valence-corrected chi connectivity index (χ3v) is 6.42. The Morgan fingerprint density at radius 1 is 1.24 bits per heavy atom. The number of hydrogen-bond acceptors (Lipinski definition) is 11. The van der Waals surface area contributed by atoms with Crippen LogP contribution >= 0.6 is 0 Å². The van der Waals surface area contributed by atoms with Crippen LogP contribution in [0.2, 0.25) is 0 Å². The number of ether oxygens (including phenoxy) is 3. The van der Waals surface area contributed by atoms with Gasteiger partial charge in [0.25, 0.3) is 6.29 Å². The summed E-state index contributed by atoms with van der Waals surface area (Å²) in [5.41, 5.74) is -1.11. The van der Waals surface area contributed by atoms with Crippen molar-refractivity contribution >= 4 is 28.0 Å². The highest BCUT2D eigenvalue weighted by Gasteiger charge is 2.54. The third-order valence-electron chi connectivity index (χ3n) is 5.53. The molecule has 0 amide bonds. The Kier molecular flexibility index (Phi) is 7.04. The summed E-state index contributed by atoms with van der Waals surface area (Å²) in [7, 11) is -6.06. The second kappa shape index (κ2) is 9.20. The van der Waals surface area contributed by atoms with Crippen LogP contribution in [0.1, 0.15) is 79.0 Å². The van der Waals surface area contributed by atoms with Crippen LogP contribution in [0.3, 0.4) is 0 Å². The number of rotatable bonds is 9. The molecule has 2 heterocycles. The van der Waals surface area contributed by atoms with Crippen LogP contribution in [0.4, 0.5) is 8.78 Å². The molecule has 1 aliphatic heterocycles. The summed E-state index contributed by atoms with van der Waals surface area (Å²) in [4.78, 5) is 35.8. The van der Waals surface area contributed by atoms with E-state index in [1.54, 1.807) is 6.92 Å². The monoisotopic (exact) mass is 512 g/mol. The molecule has 34 heavy (non-hydrogen) atoms. The largest absolute Gasteiger partial charge is 0.457 e. The number of cyclic esters (lactones) is 1. The molecule has 3 rings (SSSR count). The smallest absolute Gasteiger partial charge is 0.430 e. The Hall–Kier alpha value is -2.62. The second-order valence-electron chi connectivity index (χ2n) is 7.97. The van der Waals surface area contributed by atoms with E-state index in [-0.39, 0.29) is 22.6 Å². The number of carbonyl (C=O) groups excluding carboxylic acids is 3. The quantitative estimate of drug-likeness (QED) is 0.187. The van der Waals surface area contributed by atoms with Crippen LogP contribution in [-0.2, 0) is 46.1 Å². The van der Waals surface area contributed by atoms with E-state index in [9.17, 15) is 36.7 Å². The van der Waals surface area contributed by atoms with E-state index in [0.29, 0.717) is 25.7 Å². The fraction of sp³-hybridized carbons (Fsp3) is 0.632. The Morgan fingerprint density at radius 2 is 1.82 bits per heavy atom. The number of aliphatic hydroxyl groups excluding tert-OH is 1. The maximum Gasteiger partial charge on any atom is 0.430 e. The molecule has 2 atom stereocenters. The average Bonchev–Trinajstić information content (AvgIpc) is 3.40. The minimum absolute atomic E-state index is 0.0250. The first kappa shape index (κ1) is 26.0. The van der Waals surface area contributed by atoms with Crippen LogP contribution in [0, 0.1) is 0 Å². The third kappa shape index (κ3) is 4.92. The molecule has 1 aromatic rings. The number of furan rings is 1. The van der Waals surface area contributed by atoms with Crippen LogP contribution in [0.15, 0.2) is 4.42 Å². The van der Waals surface area contributed by atoms with Gasteiger partial charge in [0.15, 0.2) is 11.9 Å². The molecule has 1 saturated carbocycles. The Morgan fingerprint density at radius 3 is 2.41 bits per heavy atom. The molecule has 1 aliphatic carbocycles. The lowest BCUT2D eigenvalue weighted by atomic mass is 9.88. The van der Waals surface area contributed by atoms with Gasteiger partial charge in [0.05, 0.1) is 18.4 Å². The molecule has 0 aromatic carbocycles. The predicted octanol–water partition coefficient (Wildman–Crippen LogP) is 1.44. The van der Waals surface area contributed by atoms with E-state index in [4.69, 9.17) is 23.6 Å². The number of hydrogen-bond donors (Lipinski definition) is 3. The summed E-state index contributed by atoms with van der Waals surface area (Å²) in [5, 5.41) is 14.9. The Bertz CT molecular complexity index is 1090. The van der Waals surface area contributed by atoms with E-state index < -0.39 is 70.7 Å². The molecule has 0 radical (unpaired) electrons. The first-order chi connectivity index (χ1) is 15.7.